The van der Waals surface area contributed by atoms with Gasteiger partial charge in [-0.15, -0.1) is 0 Å². The van der Waals surface area contributed by atoms with Crippen LogP contribution < -0.4 is 5.32 Å². The molecule has 2 aromatic rings. The SMILES string of the molecule is O=C(Nc1cccc(C(=O)N2C[C@H]3COCC[C@@]3(C(=O)O)C2)c1)c1cccnc1. The molecule has 0 unspecified atom stereocenters. The van der Waals surface area contributed by atoms with Gasteiger partial charge in [0.1, 0.15) is 0 Å². The van der Waals surface area contributed by atoms with Gasteiger partial charge < -0.3 is 20.1 Å². The zero-order valence-corrected chi connectivity index (χ0v) is 15.7. The largest absolute Gasteiger partial charge is 0.481 e. The van der Waals surface area contributed by atoms with Crippen LogP contribution in [0, 0.1) is 11.3 Å². The first-order chi connectivity index (χ1) is 14.0. The minimum absolute atomic E-state index is 0.168. The van der Waals surface area contributed by atoms with Gasteiger partial charge in [-0.2, -0.15) is 0 Å². The third kappa shape index (κ3) is 3.58. The predicted molar refractivity (Wildman–Crippen MR) is 104 cm³/mol. The fourth-order valence-corrected chi connectivity index (χ4v) is 4.07. The third-order valence-corrected chi connectivity index (χ3v) is 5.71. The molecule has 8 nitrogen and oxygen atoms in total. The topological polar surface area (TPSA) is 109 Å². The van der Waals surface area contributed by atoms with E-state index in [-0.39, 0.29) is 24.3 Å². The molecular formula is C21H21N3O5. The highest BCUT2D eigenvalue weighted by Crippen LogP contribution is 2.42. The van der Waals surface area contributed by atoms with E-state index in [9.17, 15) is 19.5 Å². The molecule has 0 aliphatic carbocycles. The van der Waals surface area contributed by atoms with E-state index >= 15 is 0 Å². The summed E-state index contributed by atoms with van der Waals surface area (Å²) >= 11 is 0. The highest BCUT2D eigenvalue weighted by Gasteiger charge is 2.54. The molecule has 2 atom stereocenters. The maximum absolute atomic E-state index is 13.0. The quantitative estimate of drug-likeness (QED) is 0.818. The first-order valence-electron chi connectivity index (χ1n) is 9.41. The molecule has 0 saturated carbocycles. The Morgan fingerprint density at radius 2 is 2.03 bits per heavy atom. The molecular weight excluding hydrogens is 374 g/mol. The molecule has 3 heterocycles. The van der Waals surface area contributed by atoms with Gasteiger partial charge in [-0.05, 0) is 36.8 Å². The summed E-state index contributed by atoms with van der Waals surface area (Å²) < 4.78 is 5.44. The van der Waals surface area contributed by atoms with Gasteiger partial charge in [0.05, 0.1) is 17.6 Å². The van der Waals surface area contributed by atoms with Gasteiger partial charge in [0, 0.05) is 49.3 Å². The molecule has 2 fully saturated rings. The Morgan fingerprint density at radius 3 is 2.76 bits per heavy atom. The number of aliphatic carboxylic acids is 1. The number of pyridine rings is 1. The monoisotopic (exact) mass is 395 g/mol. The molecule has 1 aromatic heterocycles. The van der Waals surface area contributed by atoms with Crippen LogP contribution in [0.5, 0.6) is 0 Å². The first kappa shape index (κ1) is 19.1. The van der Waals surface area contributed by atoms with Gasteiger partial charge in [0.15, 0.2) is 0 Å². The van der Waals surface area contributed by atoms with Crippen molar-refractivity contribution in [2.24, 2.45) is 11.3 Å². The van der Waals surface area contributed by atoms with E-state index in [1.54, 1.807) is 47.5 Å². The number of amides is 2. The van der Waals surface area contributed by atoms with Crippen LogP contribution in [0.25, 0.3) is 0 Å². The number of carboxylic acid groups (broad SMARTS) is 1. The van der Waals surface area contributed by atoms with Gasteiger partial charge in [0.25, 0.3) is 11.8 Å². The van der Waals surface area contributed by atoms with Crippen molar-refractivity contribution >= 4 is 23.5 Å². The second-order valence-corrected chi connectivity index (χ2v) is 7.45. The number of rotatable bonds is 4. The maximum atomic E-state index is 13.0. The fourth-order valence-electron chi connectivity index (χ4n) is 4.07. The molecule has 0 radical (unpaired) electrons. The maximum Gasteiger partial charge on any atom is 0.311 e. The summed E-state index contributed by atoms with van der Waals surface area (Å²) in [6, 6.07) is 9.96. The van der Waals surface area contributed by atoms with E-state index in [1.165, 1.54) is 6.20 Å². The Bertz CT molecular complexity index is 948. The van der Waals surface area contributed by atoms with Crippen LogP contribution in [0.3, 0.4) is 0 Å². The van der Waals surface area contributed by atoms with Crippen LogP contribution in [0.4, 0.5) is 5.69 Å². The summed E-state index contributed by atoms with van der Waals surface area (Å²) in [5.74, 6) is -1.67. The summed E-state index contributed by atoms with van der Waals surface area (Å²) in [5, 5.41) is 12.5. The third-order valence-electron chi connectivity index (χ3n) is 5.71. The number of likely N-dealkylation sites (tertiary alicyclic amines) is 1. The summed E-state index contributed by atoms with van der Waals surface area (Å²) in [7, 11) is 0. The van der Waals surface area contributed by atoms with Gasteiger partial charge in [-0.1, -0.05) is 6.07 Å². The lowest BCUT2D eigenvalue weighted by Crippen LogP contribution is -2.45. The molecule has 0 bridgehead atoms. The number of anilines is 1. The van der Waals surface area contributed by atoms with Crippen molar-refractivity contribution in [1.82, 2.24) is 9.88 Å². The number of benzene rings is 1. The fraction of sp³-hybridized carbons (Fsp3) is 0.333. The van der Waals surface area contributed by atoms with Crippen LogP contribution in [0.2, 0.25) is 0 Å². The second-order valence-electron chi connectivity index (χ2n) is 7.45. The summed E-state index contributed by atoms with van der Waals surface area (Å²) in [4.78, 5) is 42.8. The van der Waals surface area contributed by atoms with Crippen molar-refractivity contribution in [3.63, 3.8) is 0 Å². The standard InChI is InChI=1S/C21H21N3O5/c25-18(15-4-2-7-22-10-15)23-17-5-1-3-14(9-17)19(26)24-11-16-12-29-8-6-21(16,13-24)20(27)28/h1-5,7,9-10,16H,6,8,11-13H2,(H,23,25)(H,27,28)/t16-,21+/m0/s1. The van der Waals surface area contributed by atoms with E-state index < -0.39 is 11.4 Å². The number of carbonyl (C=O) groups is 3. The molecule has 150 valence electrons. The Balaban J connectivity index is 1.50. The van der Waals surface area contributed by atoms with E-state index in [0.717, 1.165) is 0 Å². The lowest BCUT2D eigenvalue weighted by atomic mass is 9.74. The van der Waals surface area contributed by atoms with E-state index in [2.05, 4.69) is 10.3 Å². The van der Waals surface area contributed by atoms with Crippen molar-refractivity contribution in [2.45, 2.75) is 6.42 Å². The van der Waals surface area contributed by atoms with E-state index in [0.29, 0.717) is 43.0 Å². The number of aromatic nitrogens is 1. The van der Waals surface area contributed by atoms with Crippen LogP contribution in [-0.4, -0.2) is 59.1 Å². The smallest absolute Gasteiger partial charge is 0.311 e. The predicted octanol–water partition coefficient (Wildman–Crippen LogP) is 1.90. The Kier molecular flexibility index (Phi) is 5.02. The van der Waals surface area contributed by atoms with Crippen LogP contribution in [0.1, 0.15) is 27.1 Å². The van der Waals surface area contributed by atoms with Crippen molar-refractivity contribution in [2.75, 3.05) is 31.6 Å². The van der Waals surface area contributed by atoms with Crippen molar-refractivity contribution < 1.29 is 24.2 Å². The lowest BCUT2D eigenvalue weighted by Gasteiger charge is -2.33. The number of nitrogens with one attached hydrogen (secondary N) is 1. The zero-order chi connectivity index (χ0) is 20.4. The van der Waals surface area contributed by atoms with Gasteiger partial charge in [0.2, 0.25) is 0 Å². The number of nitrogens with zero attached hydrogens (tertiary/aromatic N) is 2. The van der Waals surface area contributed by atoms with E-state index in [4.69, 9.17) is 4.74 Å². The minimum atomic E-state index is -0.944. The number of ether oxygens (including phenoxy) is 1. The molecule has 2 N–H and O–H groups in total. The van der Waals surface area contributed by atoms with Gasteiger partial charge in [-0.3, -0.25) is 19.4 Å². The average Bonchev–Trinajstić information content (AvgIpc) is 3.15. The normalized spacial score (nSPS) is 23.3. The minimum Gasteiger partial charge on any atom is -0.481 e. The number of carbonyl (C=O) groups excluding carboxylic acids is 2. The van der Waals surface area contributed by atoms with Crippen molar-refractivity contribution in [3.8, 4) is 0 Å². The Labute approximate surface area is 167 Å². The second kappa shape index (κ2) is 7.63. The lowest BCUT2D eigenvalue weighted by molar-refractivity contribution is -0.157. The molecule has 8 heteroatoms. The molecule has 1 aromatic carbocycles. The highest BCUT2D eigenvalue weighted by atomic mass is 16.5. The first-order valence-corrected chi connectivity index (χ1v) is 9.41. The average molecular weight is 395 g/mol. The number of hydrogen-bond donors (Lipinski definition) is 2. The number of fused-ring (bicyclic) bond motifs is 1. The number of carboxylic acids is 1. The molecule has 4 rings (SSSR count). The molecule has 2 aliphatic rings. The molecule has 2 amide bonds. The summed E-state index contributed by atoms with van der Waals surface area (Å²) in [5.41, 5.74) is 0.350. The van der Waals surface area contributed by atoms with Crippen molar-refractivity contribution in [3.05, 3.63) is 59.9 Å². The van der Waals surface area contributed by atoms with Crippen LogP contribution >= 0.6 is 0 Å². The Hall–Kier alpha value is -3.26. The molecule has 2 aliphatic heterocycles. The van der Waals surface area contributed by atoms with Crippen LogP contribution in [-0.2, 0) is 9.53 Å². The van der Waals surface area contributed by atoms with Crippen molar-refractivity contribution in [1.29, 1.82) is 0 Å². The molecule has 0 spiro atoms. The van der Waals surface area contributed by atoms with Gasteiger partial charge in [-0.25, -0.2) is 0 Å². The van der Waals surface area contributed by atoms with Crippen LogP contribution in [0.15, 0.2) is 48.8 Å². The number of hydrogen-bond acceptors (Lipinski definition) is 5. The molecule has 29 heavy (non-hydrogen) atoms. The summed E-state index contributed by atoms with van der Waals surface area (Å²) in [6.07, 6.45) is 3.44. The summed E-state index contributed by atoms with van der Waals surface area (Å²) in [6.45, 7) is 1.25. The zero-order valence-electron chi connectivity index (χ0n) is 15.7. The highest BCUT2D eigenvalue weighted by molar-refractivity contribution is 6.05. The van der Waals surface area contributed by atoms with Gasteiger partial charge >= 0.3 is 5.97 Å². The Morgan fingerprint density at radius 1 is 1.21 bits per heavy atom. The molecule has 2 saturated heterocycles. The van der Waals surface area contributed by atoms with E-state index in [1.807, 2.05) is 0 Å².